The molecule has 0 aliphatic rings. The molecule has 0 unspecified atom stereocenters. The van der Waals surface area contributed by atoms with Gasteiger partial charge in [-0.15, -0.1) is 0 Å². The highest BCUT2D eigenvalue weighted by Gasteiger charge is 2.16. The second-order valence-electron chi connectivity index (χ2n) is 4.12. The zero-order chi connectivity index (χ0) is 15.4. The summed E-state index contributed by atoms with van der Waals surface area (Å²) >= 11 is 6.02. The van der Waals surface area contributed by atoms with Gasteiger partial charge in [-0.2, -0.15) is 0 Å². The van der Waals surface area contributed by atoms with Crippen LogP contribution in [0.3, 0.4) is 0 Å². The van der Waals surface area contributed by atoms with Crippen LogP contribution in [0.4, 0.5) is 5.69 Å². The highest BCUT2D eigenvalue weighted by atomic mass is 35.5. The summed E-state index contributed by atoms with van der Waals surface area (Å²) in [5.74, 6) is 0.753. The van der Waals surface area contributed by atoms with E-state index in [2.05, 4.69) is 0 Å². The Kier molecular flexibility index (Phi) is 4.62. The Bertz CT molecular complexity index is 674. The molecule has 0 amide bonds. The van der Waals surface area contributed by atoms with Crippen LogP contribution in [0.25, 0.3) is 0 Å². The van der Waals surface area contributed by atoms with Crippen LogP contribution in [-0.4, -0.2) is 17.1 Å². The fourth-order valence-electron chi connectivity index (χ4n) is 1.73. The van der Waals surface area contributed by atoms with E-state index in [0.29, 0.717) is 16.3 Å². The molecule has 6 nitrogen and oxygen atoms in total. The van der Waals surface area contributed by atoms with Gasteiger partial charge in [-0.1, -0.05) is 17.7 Å². The average molecular weight is 310 g/mol. The maximum absolute atomic E-state index is 11.0. The largest absolute Gasteiger partial charge is 0.490 e. The van der Waals surface area contributed by atoms with Crippen molar-refractivity contribution in [3.63, 3.8) is 0 Å². The van der Waals surface area contributed by atoms with Gasteiger partial charge in [0.2, 0.25) is 0 Å². The third-order valence-corrected chi connectivity index (χ3v) is 3.05. The number of nitrogens with zero attached hydrogens (tertiary/aromatic N) is 1. The van der Waals surface area contributed by atoms with Crippen molar-refractivity contribution in [1.82, 2.24) is 0 Å². The van der Waals surface area contributed by atoms with Crippen LogP contribution in [0, 0.1) is 10.1 Å². The van der Waals surface area contributed by atoms with Crippen LogP contribution in [0.15, 0.2) is 36.4 Å². The molecule has 7 heteroatoms. The molecule has 0 bridgehead atoms. The summed E-state index contributed by atoms with van der Waals surface area (Å²) in [5.41, 5.74) is 0.450. The minimum absolute atomic E-state index is 0.131. The molecule has 0 aliphatic heterocycles. The summed E-state index contributed by atoms with van der Waals surface area (Å²) in [5, 5.41) is 20.3. The number of ether oxygens (including phenoxy) is 2. The first-order valence-corrected chi connectivity index (χ1v) is 6.32. The molecule has 0 aliphatic carbocycles. The second-order valence-corrected chi connectivity index (χ2v) is 4.52. The minimum atomic E-state index is -0.553. The standard InChI is InChI=1S/C14H12ClNO5/c1-20-14-5-3-10(7-12(14)16(18)19)21-13-4-2-9(8-17)6-11(13)15/h2-7,17H,8H2,1H3. The van der Waals surface area contributed by atoms with E-state index in [9.17, 15) is 10.1 Å². The predicted molar refractivity (Wildman–Crippen MR) is 77.1 cm³/mol. The average Bonchev–Trinajstić information content (AvgIpc) is 2.49. The SMILES string of the molecule is COc1ccc(Oc2ccc(CO)cc2Cl)cc1[N+](=O)[O-]. The van der Waals surface area contributed by atoms with Crippen molar-refractivity contribution in [3.8, 4) is 17.2 Å². The Morgan fingerprint density at radius 3 is 2.52 bits per heavy atom. The molecule has 0 fully saturated rings. The van der Waals surface area contributed by atoms with Gasteiger partial charge in [0, 0.05) is 0 Å². The molecule has 0 radical (unpaired) electrons. The van der Waals surface area contributed by atoms with Gasteiger partial charge >= 0.3 is 5.69 Å². The maximum Gasteiger partial charge on any atom is 0.314 e. The first kappa shape index (κ1) is 15.1. The Balaban J connectivity index is 2.31. The lowest BCUT2D eigenvalue weighted by Crippen LogP contribution is -1.95. The summed E-state index contributed by atoms with van der Waals surface area (Å²) in [4.78, 5) is 10.4. The molecular formula is C14H12ClNO5. The Morgan fingerprint density at radius 1 is 1.24 bits per heavy atom. The van der Waals surface area contributed by atoms with E-state index in [-0.39, 0.29) is 23.8 Å². The number of hydrogen-bond donors (Lipinski definition) is 1. The summed E-state index contributed by atoms with van der Waals surface area (Å²) in [7, 11) is 1.35. The van der Waals surface area contributed by atoms with E-state index in [0.717, 1.165) is 0 Å². The van der Waals surface area contributed by atoms with Crippen molar-refractivity contribution in [2.24, 2.45) is 0 Å². The number of nitro groups is 1. The molecule has 0 saturated heterocycles. The number of hydrogen-bond acceptors (Lipinski definition) is 5. The third-order valence-electron chi connectivity index (χ3n) is 2.75. The summed E-state index contributed by atoms with van der Waals surface area (Å²) in [6.07, 6.45) is 0. The molecule has 110 valence electrons. The molecule has 0 saturated carbocycles. The van der Waals surface area contributed by atoms with Gasteiger partial charge in [-0.3, -0.25) is 10.1 Å². The predicted octanol–water partition coefficient (Wildman–Crippen LogP) is 3.54. The van der Waals surface area contributed by atoms with Crippen LogP contribution in [0.1, 0.15) is 5.56 Å². The molecule has 0 spiro atoms. The van der Waals surface area contributed by atoms with Crippen molar-refractivity contribution in [2.45, 2.75) is 6.61 Å². The topological polar surface area (TPSA) is 81.8 Å². The van der Waals surface area contributed by atoms with Crippen LogP contribution < -0.4 is 9.47 Å². The number of methoxy groups -OCH3 is 1. The Morgan fingerprint density at radius 2 is 1.95 bits per heavy atom. The van der Waals surface area contributed by atoms with Crippen molar-refractivity contribution in [3.05, 3.63) is 57.1 Å². The zero-order valence-corrected chi connectivity index (χ0v) is 11.8. The van der Waals surface area contributed by atoms with Gasteiger partial charge in [0.25, 0.3) is 0 Å². The molecule has 2 aromatic rings. The summed E-state index contributed by atoms with van der Waals surface area (Å²) in [6, 6.07) is 9.05. The number of rotatable bonds is 5. The number of aliphatic hydroxyl groups excluding tert-OH is 1. The normalized spacial score (nSPS) is 10.2. The first-order chi connectivity index (χ1) is 10.0. The fourth-order valence-corrected chi connectivity index (χ4v) is 1.97. The molecule has 21 heavy (non-hydrogen) atoms. The number of benzene rings is 2. The Labute approximate surface area is 125 Å². The molecule has 0 atom stereocenters. The lowest BCUT2D eigenvalue weighted by molar-refractivity contribution is -0.385. The van der Waals surface area contributed by atoms with Crippen molar-refractivity contribution in [1.29, 1.82) is 0 Å². The monoisotopic (exact) mass is 309 g/mol. The summed E-state index contributed by atoms with van der Waals surface area (Å²) < 4.78 is 10.4. The molecule has 0 heterocycles. The van der Waals surface area contributed by atoms with Crippen LogP contribution in [-0.2, 0) is 6.61 Å². The van der Waals surface area contributed by atoms with Crippen LogP contribution in [0.5, 0.6) is 17.2 Å². The smallest absolute Gasteiger partial charge is 0.314 e. The molecule has 2 aromatic carbocycles. The summed E-state index contributed by atoms with van der Waals surface area (Å²) in [6.45, 7) is -0.131. The number of halogens is 1. The van der Waals surface area contributed by atoms with Crippen LogP contribution >= 0.6 is 11.6 Å². The van der Waals surface area contributed by atoms with Gasteiger partial charge in [-0.05, 0) is 29.8 Å². The highest BCUT2D eigenvalue weighted by Crippen LogP contribution is 2.35. The zero-order valence-electron chi connectivity index (χ0n) is 11.1. The molecule has 1 N–H and O–H groups in total. The van der Waals surface area contributed by atoms with Crippen molar-refractivity contribution < 1.29 is 19.5 Å². The van der Waals surface area contributed by atoms with Crippen LogP contribution in [0.2, 0.25) is 5.02 Å². The van der Waals surface area contributed by atoms with E-state index < -0.39 is 4.92 Å². The fraction of sp³-hybridized carbons (Fsp3) is 0.143. The van der Waals surface area contributed by atoms with E-state index in [1.54, 1.807) is 24.3 Å². The van der Waals surface area contributed by atoms with E-state index in [4.69, 9.17) is 26.2 Å². The van der Waals surface area contributed by atoms with Crippen molar-refractivity contribution in [2.75, 3.05) is 7.11 Å². The number of nitro benzene ring substituents is 1. The minimum Gasteiger partial charge on any atom is -0.490 e. The molecule has 2 rings (SSSR count). The molecular weight excluding hydrogens is 298 g/mol. The van der Waals surface area contributed by atoms with E-state index >= 15 is 0 Å². The second kappa shape index (κ2) is 6.43. The Hall–Kier alpha value is -2.31. The van der Waals surface area contributed by atoms with E-state index in [1.807, 2.05) is 0 Å². The molecule has 0 aromatic heterocycles. The lowest BCUT2D eigenvalue weighted by atomic mass is 10.2. The first-order valence-electron chi connectivity index (χ1n) is 5.94. The van der Waals surface area contributed by atoms with Gasteiger partial charge < -0.3 is 14.6 Å². The lowest BCUT2D eigenvalue weighted by Gasteiger charge is -2.09. The highest BCUT2D eigenvalue weighted by molar-refractivity contribution is 6.32. The van der Waals surface area contributed by atoms with Gasteiger partial charge in [-0.25, -0.2) is 0 Å². The van der Waals surface area contributed by atoms with Gasteiger partial charge in [0.1, 0.15) is 11.5 Å². The maximum atomic E-state index is 11.0. The van der Waals surface area contributed by atoms with Crippen molar-refractivity contribution >= 4 is 17.3 Å². The third kappa shape index (κ3) is 3.42. The van der Waals surface area contributed by atoms with E-state index in [1.165, 1.54) is 19.2 Å². The van der Waals surface area contributed by atoms with Gasteiger partial charge in [0.15, 0.2) is 5.75 Å². The number of aliphatic hydroxyl groups is 1. The van der Waals surface area contributed by atoms with Gasteiger partial charge in [0.05, 0.1) is 29.7 Å². The quantitative estimate of drug-likeness (QED) is 0.674.